The Kier molecular flexibility index (Phi) is 13.3. The van der Waals surface area contributed by atoms with Crippen molar-refractivity contribution in [2.75, 3.05) is 0 Å². The monoisotopic (exact) mass is 156 g/mol. The second kappa shape index (κ2) is 11.6. The van der Waals surface area contributed by atoms with Crippen molar-refractivity contribution in [3.8, 4) is 0 Å². The molecule has 0 aliphatic carbocycles. The van der Waals surface area contributed by atoms with Gasteiger partial charge in [0.15, 0.2) is 6.29 Å². The summed E-state index contributed by atoms with van der Waals surface area (Å²) in [5, 5.41) is 6.01. The smallest absolute Gasteiger partial charge is 0.167 e. The third-order valence-corrected chi connectivity index (χ3v) is 0.649. The first-order chi connectivity index (χ1) is 5.43. The first kappa shape index (κ1) is 12.5. The van der Waals surface area contributed by atoms with Crippen LogP contribution in [0.5, 0.6) is 0 Å². The van der Waals surface area contributed by atoms with E-state index >= 15 is 0 Å². The van der Waals surface area contributed by atoms with Gasteiger partial charge in [0.2, 0.25) is 0 Å². The third-order valence-electron chi connectivity index (χ3n) is 0.649. The largest absolute Gasteiger partial charge is 0.296 e. The summed E-state index contributed by atoms with van der Waals surface area (Å²) in [5.74, 6) is 0. The van der Waals surface area contributed by atoms with Crippen molar-refractivity contribution in [1.29, 1.82) is 0 Å². The summed E-state index contributed by atoms with van der Waals surface area (Å²) in [7, 11) is 0. The van der Waals surface area contributed by atoms with E-state index in [1.807, 2.05) is 27.7 Å². The highest BCUT2D eigenvalue weighted by Crippen LogP contribution is 1.81. The summed E-state index contributed by atoms with van der Waals surface area (Å²) in [6.45, 7) is 8.00. The molecule has 0 saturated carbocycles. The first-order valence-corrected chi connectivity index (χ1v) is 3.88. The fourth-order valence-corrected chi connectivity index (χ4v) is 0.332. The maximum absolute atomic E-state index is 9.80. The Morgan fingerprint density at radius 2 is 1.91 bits per heavy atom. The molecule has 0 atom stereocenters. The van der Waals surface area contributed by atoms with Crippen LogP contribution in [0.2, 0.25) is 0 Å². The van der Waals surface area contributed by atoms with Gasteiger partial charge in [-0.3, -0.25) is 9.89 Å². The lowest BCUT2D eigenvalue weighted by Gasteiger charge is -1.68. The predicted octanol–water partition coefficient (Wildman–Crippen LogP) is 2.27. The van der Waals surface area contributed by atoms with E-state index in [0.29, 0.717) is 12.0 Å². The van der Waals surface area contributed by atoms with Gasteiger partial charge in [-0.05, 0) is 6.07 Å². The molecule has 3 heteroatoms. The summed E-state index contributed by atoms with van der Waals surface area (Å²) >= 11 is 0. The number of hydrogen-bond acceptors (Lipinski definition) is 2. The van der Waals surface area contributed by atoms with Crippen molar-refractivity contribution in [3.63, 3.8) is 0 Å². The van der Waals surface area contributed by atoms with Crippen LogP contribution < -0.4 is 0 Å². The minimum Gasteiger partial charge on any atom is -0.296 e. The summed E-state index contributed by atoms with van der Waals surface area (Å²) in [5.41, 5.74) is 0.514. The fourth-order valence-electron chi connectivity index (χ4n) is 0.332. The van der Waals surface area contributed by atoms with Gasteiger partial charge in [0.25, 0.3) is 0 Å². The average Bonchev–Trinajstić information content (AvgIpc) is 2.63. The Hall–Kier alpha value is -1.12. The Bertz CT molecular complexity index is 147. The predicted molar refractivity (Wildman–Crippen MR) is 46.7 cm³/mol. The average molecular weight is 156 g/mol. The number of aromatic amines is 1. The molecule has 3 nitrogen and oxygen atoms in total. The third kappa shape index (κ3) is 6.77. The highest BCUT2D eigenvalue weighted by Gasteiger charge is 1.82. The number of aromatic nitrogens is 2. The first-order valence-electron chi connectivity index (χ1n) is 3.88. The van der Waals surface area contributed by atoms with E-state index in [2.05, 4.69) is 10.2 Å². The van der Waals surface area contributed by atoms with Gasteiger partial charge in [-0.25, -0.2) is 0 Å². The maximum atomic E-state index is 9.80. The Morgan fingerprint density at radius 3 is 2.09 bits per heavy atom. The standard InChI is InChI=1S/C4H4N2O.2C2H6/c7-3-4-1-2-5-6-4;2*1-2/h1-3H,(H,5,6);2*1-2H3. The van der Waals surface area contributed by atoms with E-state index in [0.717, 1.165) is 0 Å². The molecule has 1 heterocycles. The summed E-state index contributed by atoms with van der Waals surface area (Å²) < 4.78 is 0. The molecule has 0 unspecified atom stereocenters. The van der Waals surface area contributed by atoms with Crippen molar-refractivity contribution < 1.29 is 4.79 Å². The lowest BCUT2D eigenvalue weighted by atomic mass is 10.5. The van der Waals surface area contributed by atoms with Crippen LogP contribution in [0.3, 0.4) is 0 Å². The molecule has 0 aliphatic rings. The van der Waals surface area contributed by atoms with Crippen molar-refractivity contribution in [2.45, 2.75) is 27.7 Å². The van der Waals surface area contributed by atoms with Crippen LogP contribution in [-0.4, -0.2) is 16.5 Å². The molecule has 0 aliphatic heterocycles. The van der Waals surface area contributed by atoms with E-state index < -0.39 is 0 Å². The molecule has 0 radical (unpaired) electrons. The minimum absolute atomic E-state index is 0.514. The van der Waals surface area contributed by atoms with Crippen molar-refractivity contribution in [1.82, 2.24) is 10.2 Å². The number of carbonyl (C=O) groups excluding carboxylic acids is 1. The Balaban J connectivity index is 0. The number of hydrogen-bond donors (Lipinski definition) is 1. The van der Waals surface area contributed by atoms with E-state index in [4.69, 9.17) is 0 Å². The number of nitrogens with one attached hydrogen (secondary N) is 1. The van der Waals surface area contributed by atoms with Crippen LogP contribution in [0, 0.1) is 0 Å². The molecule has 0 saturated heterocycles. The maximum Gasteiger partial charge on any atom is 0.167 e. The van der Waals surface area contributed by atoms with Crippen LogP contribution in [0.15, 0.2) is 12.3 Å². The topological polar surface area (TPSA) is 45.8 Å². The number of nitrogens with zero attached hydrogens (tertiary/aromatic N) is 1. The van der Waals surface area contributed by atoms with Gasteiger partial charge in [0.1, 0.15) is 0 Å². The Morgan fingerprint density at radius 1 is 1.36 bits per heavy atom. The number of rotatable bonds is 1. The molecule has 0 amide bonds. The summed E-state index contributed by atoms with van der Waals surface area (Å²) in [6.07, 6.45) is 2.25. The lowest BCUT2D eigenvalue weighted by molar-refractivity contribution is 0.111. The van der Waals surface area contributed by atoms with E-state index in [1.165, 1.54) is 6.20 Å². The minimum atomic E-state index is 0.514. The van der Waals surface area contributed by atoms with Gasteiger partial charge >= 0.3 is 0 Å². The van der Waals surface area contributed by atoms with Gasteiger partial charge < -0.3 is 0 Å². The molecule has 0 fully saturated rings. The second-order valence-corrected chi connectivity index (χ2v) is 1.13. The molecule has 11 heavy (non-hydrogen) atoms. The molecule has 0 bridgehead atoms. The van der Waals surface area contributed by atoms with Gasteiger partial charge in [-0.15, -0.1) is 0 Å². The van der Waals surface area contributed by atoms with Gasteiger partial charge in [0, 0.05) is 6.20 Å². The van der Waals surface area contributed by atoms with E-state index in [9.17, 15) is 4.79 Å². The summed E-state index contributed by atoms with van der Waals surface area (Å²) in [4.78, 5) is 9.80. The lowest BCUT2D eigenvalue weighted by Crippen LogP contribution is -1.75. The van der Waals surface area contributed by atoms with Gasteiger partial charge in [-0.2, -0.15) is 5.10 Å². The van der Waals surface area contributed by atoms with E-state index in [-0.39, 0.29) is 0 Å². The second-order valence-electron chi connectivity index (χ2n) is 1.13. The highest BCUT2D eigenvalue weighted by atomic mass is 16.1. The summed E-state index contributed by atoms with van der Waals surface area (Å²) in [6, 6.07) is 1.60. The molecule has 1 N–H and O–H groups in total. The SMILES string of the molecule is CC.CC.O=Cc1ccn[nH]1. The van der Waals surface area contributed by atoms with Gasteiger partial charge in [-0.1, -0.05) is 27.7 Å². The molecular weight excluding hydrogens is 140 g/mol. The molecular formula is C8H16N2O. The van der Waals surface area contributed by atoms with Crippen molar-refractivity contribution in [2.24, 2.45) is 0 Å². The Labute approximate surface area is 67.8 Å². The fraction of sp³-hybridized carbons (Fsp3) is 0.500. The van der Waals surface area contributed by atoms with Crippen LogP contribution in [0.25, 0.3) is 0 Å². The van der Waals surface area contributed by atoms with Crippen LogP contribution in [-0.2, 0) is 0 Å². The molecule has 0 spiro atoms. The van der Waals surface area contributed by atoms with Crippen LogP contribution in [0.1, 0.15) is 38.2 Å². The quantitative estimate of drug-likeness (QED) is 0.634. The number of aldehydes is 1. The molecule has 0 aromatic carbocycles. The zero-order valence-corrected chi connectivity index (χ0v) is 7.59. The van der Waals surface area contributed by atoms with Gasteiger partial charge in [0.05, 0.1) is 5.69 Å². The zero-order valence-electron chi connectivity index (χ0n) is 7.59. The zero-order chi connectivity index (χ0) is 9.11. The number of carbonyl (C=O) groups is 1. The molecule has 1 aromatic rings. The molecule has 1 rings (SSSR count). The number of H-pyrrole nitrogens is 1. The van der Waals surface area contributed by atoms with Crippen LogP contribution >= 0.6 is 0 Å². The van der Waals surface area contributed by atoms with Crippen molar-refractivity contribution >= 4 is 6.29 Å². The molecule has 64 valence electrons. The van der Waals surface area contributed by atoms with Crippen molar-refractivity contribution in [3.05, 3.63) is 18.0 Å². The highest BCUT2D eigenvalue weighted by molar-refractivity contribution is 5.70. The molecule has 1 aromatic heterocycles. The normalized spacial score (nSPS) is 6.55. The van der Waals surface area contributed by atoms with Crippen LogP contribution in [0.4, 0.5) is 0 Å². The van der Waals surface area contributed by atoms with E-state index in [1.54, 1.807) is 6.07 Å².